The average Bonchev–Trinajstić information content (AvgIpc) is 2.90. The Morgan fingerprint density at radius 2 is 2.16 bits per heavy atom. The van der Waals surface area contributed by atoms with Crippen molar-refractivity contribution in [1.29, 1.82) is 0 Å². The van der Waals surface area contributed by atoms with Crippen LogP contribution in [0.3, 0.4) is 0 Å². The first-order valence-electron chi connectivity index (χ1n) is 8.17. The van der Waals surface area contributed by atoms with E-state index in [-0.39, 0.29) is 6.10 Å². The standard InChI is InChI=1S/C15H31N3O/c1-2-3-4-5-6-9-14(17-16)15-11-18-10-7-8-13(18)12-19-15/h13-15,17H,2-12,16H2,1H3. The predicted molar refractivity (Wildman–Crippen MR) is 78.8 cm³/mol. The van der Waals surface area contributed by atoms with Gasteiger partial charge in [0.15, 0.2) is 0 Å². The number of nitrogens with two attached hydrogens (primary N) is 1. The van der Waals surface area contributed by atoms with Crippen LogP contribution in [0.25, 0.3) is 0 Å². The molecule has 4 heteroatoms. The van der Waals surface area contributed by atoms with Crippen LogP contribution in [0, 0.1) is 0 Å². The van der Waals surface area contributed by atoms with Crippen molar-refractivity contribution in [2.75, 3.05) is 19.7 Å². The second-order valence-electron chi connectivity index (χ2n) is 6.14. The van der Waals surface area contributed by atoms with Crippen molar-refractivity contribution in [2.45, 2.75) is 76.5 Å². The molecule has 0 saturated carbocycles. The number of unbranched alkanes of at least 4 members (excludes halogenated alkanes) is 4. The molecule has 3 N–H and O–H groups in total. The number of hydrazine groups is 1. The van der Waals surface area contributed by atoms with Gasteiger partial charge in [-0.3, -0.25) is 16.2 Å². The summed E-state index contributed by atoms with van der Waals surface area (Å²) in [6, 6.07) is 1.00. The van der Waals surface area contributed by atoms with E-state index in [2.05, 4.69) is 17.2 Å². The number of fused-ring (bicyclic) bond motifs is 1. The highest BCUT2D eigenvalue weighted by atomic mass is 16.5. The summed E-state index contributed by atoms with van der Waals surface area (Å²) in [5.74, 6) is 5.73. The van der Waals surface area contributed by atoms with Crippen molar-refractivity contribution in [2.24, 2.45) is 5.84 Å². The average molecular weight is 269 g/mol. The molecule has 4 nitrogen and oxygen atoms in total. The molecule has 0 aliphatic carbocycles. The first-order chi connectivity index (χ1) is 9.35. The number of nitrogens with zero attached hydrogens (tertiary/aromatic N) is 1. The summed E-state index contributed by atoms with van der Waals surface area (Å²) in [5, 5.41) is 0. The van der Waals surface area contributed by atoms with Crippen molar-refractivity contribution in [3.63, 3.8) is 0 Å². The van der Waals surface area contributed by atoms with Crippen LogP contribution in [0.2, 0.25) is 0 Å². The molecule has 2 heterocycles. The van der Waals surface area contributed by atoms with Crippen LogP contribution in [0.15, 0.2) is 0 Å². The maximum Gasteiger partial charge on any atom is 0.0868 e. The molecule has 2 fully saturated rings. The van der Waals surface area contributed by atoms with Crippen molar-refractivity contribution < 1.29 is 4.74 Å². The first-order valence-corrected chi connectivity index (χ1v) is 8.17. The van der Waals surface area contributed by atoms with Crippen LogP contribution >= 0.6 is 0 Å². The van der Waals surface area contributed by atoms with E-state index in [1.165, 1.54) is 51.5 Å². The molecule has 2 saturated heterocycles. The maximum absolute atomic E-state index is 6.04. The molecule has 2 rings (SSSR count). The van der Waals surface area contributed by atoms with E-state index in [9.17, 15) is 0 Å². The smallest absolute Gasteiger partial charge is 0.0868 e. The normalized spacial score (nSPS) is 29.4. The van der Waals surface area contributed by atoms with Crippen LogP contribution in [0.1, 0.15) is 58.3 Å². The first kappa shape index (κ1) is 15.2. The second kappa shape index (κ2) is 8.20. The van der Waals surface area contributed by atoms with Gasteiger partial charge in [-0.1, -0.05) is 39.0 Å². The molecule has 0 aromatic carbocycles. The lowest BCUT2D eigenvalue weighted by Crippen LogP contribution is -2.55. The van der Waals surface area contributed by atoms with Gasteiger partial charge in [-0.05, 0) is 25.8 Å². The lowest BCUT2D eigenvalue weighted by molar-refractivity contribution is -0.0659. The highest BCUT2D eigenvalue weighted by Crippen LogP contribution is 2.24. The molecule has 0 bridgehead atoms. The Bertz CT molecular complexity index is 250. The van der Waals surface area contributed by atoms with Gasteiger partial charge in [-0.25, -0.2) is 0 Å². The second-order valence-corrected chi connectivity index (χ2v) is 6.14. The Balaban J connectivity index is 1.68. The van der Waals surface area contributed by atoms with Gasteiger partial charge < -0.3 is 4.74 Å². The predicted octanol–water partition coefficient (Wildman–Crippen LogP) is 2.04. The zero-order valence-corrected chi connectivity index (χ0v) is 12.4. The molecule has 0 aromatic rings. The molecule has 19 heavy (non-hydrogen) atoms. The van der Waals surface area contributed by atoms with Gasteiger partial charge >= 0.3 is 0 Å². The maximum atomic E-state index is 6.04. The summed E-state index contributed by atoms with van der Waals surface area (Å²) in [5.41, 5.74) is 2.99. The van der Waals surface area contributed by atoms with E-state index in [0.717, 1.165) is 19.6 Å². The van der Waals surface area contributed by atoms with Crippen molar-refractivity contribution in [3.8, 4) is 0 Å². The number of morpholine rings is 1. The van der Waals surface area contributed by atoms with Crippen LogP contribution in [-0.2, 0) is 4.74 Å². The lowest BCUT2D eigenvalue weighted by atomic mass is 10.0. The van der Waals surface area contributed by atoms with Crippen LogP contribution in [-0.4, -0.2) is 42.8 Å². The Morgan fingerprint density at radius 3 is 2.95 bits per heavy atom. The fraction of sp³-hybridized carbons (Fsp3) is 1.00. The van der Waals surface area contributed by atoms with Gasteiger partial charge in [-0.2, -0.15) is 0 Å². The van der Waals surface area contributed by atoms with E-state index in [1.807, 2.05) is 0 Å². The fourth-order valence-corrected chi connectivity index (χ4v) is 3.43. The SMILES string of the molecule is CCCCCCCC(NN)C1CN2CCCC2CO1. The zero-order chi connectivity index (χ0) is 13.5. The molecule has 3 unspecified atom stereocenters. The summed E-state index contributed by atoms with van der Waals surface area (Å²) in [6.07, 6.45) is 10.7. The summed E-state index contributed by atoms with van der Waals surface area (Å²) in [4.78, 5) is 2.59. The van der Waals surface area contributed by atoms with Crippen LogP contribution in [0.4, 0.5) is 0 Å². The van der Waals surface area contributed by atoms with E-state index in [0.29, 0.717) is 12.1 Å². The Morgan fingerprint density at radius 1 is 1.32 bits per heavy atom. The molecule has 0 aromatic heterocycles. The van der Waals surface area contributed by atoms with E-state index in [4.69, 9.17) is 10.6 Å². The molecule has 2 aliphatic heterocycles. The topological polar surface area (TPSA) is 50.5 Å². The summed E-state index contributed by atoms with van der Waals surface area (Å²) in [7, 11) is 0. The van der Waals surface area contributed by atoms with Crippen molar-refractivity contribution in [1.82, 2.24) is 10.3 Å². The molecular formula is C15H31N3O. The molecule has 0 amide bonds. The number of hydrogen-bond acceptors (Lipinski definition) is 4. The van der Waals surface area contributed by atoms with E-state index in [1.54, 1.807) is 0 Å². The van der Waals surface area contributed by atoms with Gasteiger partial charge in [0, 0.05) is 18.6 Å². The van der Waals surface area contributed by atoms with Gasteiger partial charge in [-0.15, -0.1) is 0 Å². The minimum Gasteiger partial charge on any atom is -0.374 e. The highest BCUT2D eigenvalue weighted by Gasteiger charge is 2.35. The monoisotopic (exact) mass is 269 g/mol. The molecule has 112 valence electrons. The summed E-state index contributed by atoms with van der Waals surface area (Å²) >= 11 is 0. The van der Waals surface area contributed by atoms with Gasteiger partial charge in [0.1, 0.15) is 0 Å². The Kier molecular flexibility index (Phi) is 6.57. The van der Waals surface area contributed by atoms with Crippen LogP contribution in [0.5, 0.6) is 0 Å². The van der Waals surface area contributed by atoms with Gasteiger partial charge in [0.2, 0.25) is 0 Å². The van der Waals surface area contributed by atoms with Crippen molar-refractivity contribution in [3.05, 3.63) is 0 Å². The summed E-state index contributed by atoms with van der Waals surface area (Å²) < 4.78 is 6.04. The minimum atomic E-state index is 0.283. The lowest BCUT2D eigenvalue weighted by Gasteiger charge is -2.38. The molecule has 0 radical (unpaired) electrons. The van der Waals surface area contributed by atoms with Crippen molar-refractivity contribution >= 4 is 0 Å². The number of ether oxygens (including phenoxy) is 1. The Labute approximate surface area is 118 Å². The van der Waals surface area contributed by atoms with Gasteiger partial charge in [0.05, 0.1) is 12.7 Å². The molecule has 2 aliphatic rings. The van der Waals surface area contributed by atoms with Gasteiger partial charge in [0.25, 0.3) is 0 Å². The van der Waals surface area contributed by atoms with E-state index >= 15 is 0 Å². The largest absolute Gasteiger partial charge is 0.374 e. The van der Waals surface area contributed by atoms with Crippen LogP contribution < -0.4 is 11.3 Å². The minimum absolute atomic E-state index is 0.283. The molecular weight excluding hydrogens is 238 g/mol. The quantitative estimate of drug-likeness (QED) is 0.402. The third kappa shape index (κ3) is 4.42. The van der Waals surface area contributed by atoms with E-state index < -0.39 is 0 Å². The summed E-state index contributed by atoms with van der Waals surface area (Å²) in [6.45, 7) is 5.47. The number of hydrogen-bond donors (Lipinski definition) is 2. The third-order valence-corrected chi connectivity index (χ3v) is 4.70. The molecule has 3 atom stereocenters. The number of rotatable bonds is 8. The highest BCUT2D eigenvalue weighted by molar-refractivity contribution is 4.89. The zero-order valence-electron chi connectivity index (χ0n) is 12.4. The number of nitrogens with one attached hydrogen (secondary N) is 1. The fourth-order valence-electron chi connectivity index (χ4n) is 3.43. The third-order valence-electron chi connectivity index (χ3n) is 4.70. The Hall–Kier alpha value is -0.160. The molecule has 0 spiro atoms.